The molecule has 0 aliphatic carbocycles. The molecule has 0 spiro atoms. The van der Waals surface area contributed by atoms with Crippen LogP contribution in [-0.4, -0.2) is 30.6 Å². The largest absolute Gasteiger partial charge is 0.375 e. The van der Waals surface area contributed by atoms with Crippen molar-refractivity contribution in [1.29, 1.82) is 0 Å². The molecule has 0 bridgehead atoms. The highest BCUT2D eigenvalue weighted by Gasteiger charge is 2.15. The molecule has 0 aliphatic heterocycles. The van der Waals surface area contributed by atoms with Gasteiger partial charge in [-0.05, 0) is 30.7 Å². The third-order valence-corrected chi connectivity index (χ3v) is 5.29. The number of halogens is 1. The number of anilines is 1. The van der Waals surface area contributed by atoms with Crippen molar-refractivity contribution in [2.24, 2.45) is 7.05 Å². The van der Waals surface area contributed by atoms with Gasteiger partial charge in [-0.25, -0.2) is 0 Å². The van der Waals surface area contributed by atoms with E-state index in [-0.39, 0.29) is 5.91 Å². The molecule has 1 aromatic carbocycles. The predicted octanol–water partition coefficient (Wildman–Crippen LogP) is 4.15. The van der Waals surface area contributed by atoms with E-state index < -0.39 is 0 Å². The molecule has 4 nitrogen and oxygen atoms in total. The van der Waals surface area contributed by atoms with E-state index in [0.29, 0.717) is 12.2 Å². The van der Waals surface area contributed by atoms with Crippen molar-refractivity contribution in [3.05, 3.63) is 52.5 Å². The lowest BCUT2D eigenvalue weighted by Gasteiger charge is -2.19. The molecular formula is C18H20ClN3OS. The van der Waals surface area contributed by atoms with Crippen LogP contribution in [-0.2, 0) is 7.05 Å². The second-order valence-electron chi connectivity index (χ2n) is 5.76. The predicted molar refractivity (Wildman–Crippen MR) is 102 cm³/mol. The van der Waals surface area contributed by atoms with E-state index in [0.717, 1.165) is 27.5 Å². The maximum Gasteiger partial charge on any atom is 0.267 e. The molecule has 3 aromatic rings. The van der Waals surface area contributed by atoms with Gasteiger partial charge in [0.1, 0.15) is 5.69 Å². The highest BCUT2D eigenvalue weighted by molar-refractivity contribution is 7.22. The Morgan fingerprint density at radius 3 is 2.75 bits per heavy atom. The van der Waals surface area contributed by atoms with Crippen LogP contribution in [0.25, 0.3) is 10.2 Å². The Morgan fingerprint density at radius 1 is 1.29 bits per heavy atom. The number of rotatable bonds is 6. The number of hydrogen-bond acceptors (Lipinski definition) is 3. The van der Waals surface area contributed by atoms with Gasteiger partial charge in [0.25, 0.3) is 5.91 Å². The first-order valence-corrected chi connectivity index (χ1v) is 9.05. The second-order valence-corrected chi connectivity index (χ2v) is 7.47. The summed E-state index contributed by atoms with van der Waals surface area (Å²) in [6.45, 7) is 1.54. The van der Waals surface area contributed by atoms with E-state index in [1.165, 1.54) is 17.0 Å². The van der Waals surface area contributed by atoms with Crippen LogP contribution in [0.2, 0.25) is 4.34 Å². The molecule has 0 aliphatic rings. The summed E-state index contributed by atoms with van der Waals surface area (Å²) in [4.78, 5) is 14.5. The topological polar surface area (TPSA) is 37.3 Å². The Kier molecular flexibility index (Phi) is 5.11. The van der Waals surface area contributed by atoms with Crippen molar-refractivity contribution in [2.75, 3.05) is 25.0 Å². The molecule has 0 radical (unpaired) electrons. The van der Waals surface area contributed by atoms with Gasteiger partial charge in [0.15, 0.2) is 0 Å². The smallest absolute Gasteiger partial charge is 0.267 e. The lowest BCUT2D eigenvalue weighted by atomic mass is 10.3. The summed E-state index contributed by atoms with van der Waals surface area (Å²) in [6.07, 6.45) is 0.891. The van der Waals surface area contributed by atoms with E-state index in [2.05, 4.69) is 29.4 Å². The van der Waals surface area contributed by atoms with Crippen molar-refractivity contribution in [3.63, 3.8) is 0 Å². The number of para-hydroxylation sites is 1. The summed E-state index contributed by atoms with van der Waals surface area (Å²) in [5.41, 5.74) is 2.85. The van der Waals surface area contributed by atoms with E-state index in [9.17, 15) is 4.79 Å². The Labute approximate surface area is 150 Å². The van der Waals surface area contributed by atoms with Crippen LogP contribution in [0.5, 0.6) is 0 Å². The fourth-order valence-electron chi connectivity index (χ4n) is 2.72. The Morgan fingerprint density at radius 2 is 2.04 bits per heavy atom. The van der Waals surface area contributed by atoms with Gasteiger partial charge in [-0.2, -0.15) is 0 Å². The van der Waals surface area contributed by atoms with Crippen LogP contribution in [0.3, 0.4) is 0 Å². The number of nitrogens with zero attached hydrogens (tertiary/aromatic N) is 2. The number of nitrogens with one attached hydrogen (secondary N) is 1. The molecule has 0 fully saturated rings. The number of aryl methyl sites for hydroxylation is 1. The van der Waals surface area contributed by atoms with E-state index in [1.807, 2.05) is 41.9 Å². The van der Waals surface area contributed by atoms with Gasteiger partial charge < -0.3 is 14.8 Å². The SMILES string of the molecule is CN(CCCNC(=O)c1cc2sc(Cl)cc2n1C)c1ccccc1. The van der Waals surface area contributed by atoms with Crippen LogP contribution in [0.4, 0.5) is 5.69 Å². The van der Waals surface area contributed by atoms with Crippen LogP contribution < -0.4 is 10.2 Å². The fraction of sp³-hybridized carbons (Fsp3) is 0.278. The van der Waals surface area contributed by atoms with Crippen molar-refractivity contribution >= 4 is 44.7 Å². The summed E-state index contributed by atoms with van der Waals surface area (Å²) in [7, 11) is 3.95. The van der Waals surface area contributed by atoms with Gasteiger partial charge in [-0.15, -0.1) is 11.3 Å². The minimum atomic E-state index is -0.0422. The van der Waals surface area contributed by atoms with Crippen LogP contribution in [0.1, 0.15) is 16.9 Å². The zero-order valence-electron chi connectivity index (χ0n) is 13.8. The lowest BCUT2D eigenvalue weighted by molar-refractivity contribution is 0.0945. The zero-order chi connectivity index (χ0) is 17.1. The molecule has 2 aromatic heterocycles. The molecular weight excluding hydrogens is 342 g/mol. The van der Waals surface area contributed by atoms with E-state index >= 15 is 0 Å². The molecule has 0 saturated heterocycles. The number of benzene rings is 1. The molecule has 24 heavy (non-hydrogen) atoms. The van der Waals surface area contributed by atoms with E-state index in [1.54, 1.807) is 0 Å². The summed E-state index contributed by atoms with van der Waals surface area (Å²) < 4.78 is 3.67. The zero-order valence-corrected chi connectivity index (χ0v) is 15.3. The number of fused-ring (bicyclic) bond motifs is 1. The summed E-state index contributed by atoms with van der Waals surface area (Å²) in [6, 6.07) is 14.0. The number of carbonyl (C=O) groups is 1. The van der Waals surface area contributed by atoms with Gasteiger partial charge in [0.2, 0.25) is 0 Å². The normalized spacial score (nSPS) is 11.0. The standard InChI is InChI=1S/C18H20ClN3OS/c1-21(13-7-4-3-5-8-13)10-6-9-20-18(23)15-11-16-14(22(15)2)12-17(19)24-16/h3-5,7-8,11-12H,6,9-10H2,1-2H3,(H,20,23). The molecule has 1 N–H and O–H groups in total. The minimum absolute atomic E-state index is 0.0422. The average molecular weight is 362 g/mol. The second kappa shape index (κ2) is 7.28. The van der Waals surface area contributed by atoms with Gasteiger partial charge in [-0.1, -0.05) is 29.8 Å². The van der Waals surface area contributed by atoms with Crippen molar-refractivity contribution < 1.29 is 4.79 Å². The maximum atomic E-state index is 12.4. The van der Waals surface area contributed by atoms with Gasteiger partial charge in [-0.3, -0.25) is 4.79 Å². The van der Waals surface area contributed by atoms with Crippen LogP contribution >= 0.6 is 22.9 Å². The molecule has 3 rings (SSSR count). The summed E-state index contributed by atoms with van der Waals surface area (Å²) >= 11 is 7.50. The number of aromatic nitrogens is 1. The first-order chi connectivity index (χ1) is 11.6. The highest BCUT2D eigenvalue weighted by atomic mass is 35.5. The average Bonchev–Trinajstić information content (AvgIpc) is 3.09. The Hall–Kier alpha value is -1.98. The summed E-state index contributed by atoms with van der Waals surface area (Å²) in [5, 5.41) is 3.00. The lowest BCUT2D eigenvalue weighted by Crippen LogP contribution is -2.29. The van der Waals surface area contributed by atoms with Crippen molar-refractivity contribution in [1.82, 2.24) is 9.88 Å². The van der Waals surface area contributed by atoms with Gasteiger partial charge >= 0.3 is 0 Å². The minimum Gasteiger partial charge on any atom is -0.375 e. The number of hydrogen-bond donors (Lipinski definition) is 1. The third-order valence-electron chi connectivity index (χ3n) is 4.09. The number of thiophene rings is 1. The van der Waals surface area contributed by atoms with Gasteiger partial charge in [0.05, 0.1) is 14.6 Å². The Balaban J connectivity index is 1.52. The molecule has 126 valence electrons. The first-order valence-electron chi connectivity index (χ1n) is 7.85. The fourth-order valence-corrected chi connectivity index (χ4v) is 3.92. The van der Waals surface area contributed by atoms with Gasteiger partial charge in [0, 0.05) is 32.9 Å². The highest BCUT2D eigenvalue weighted by Crippen LogP contribution is 2.31. The molecule has 0 atom stereocenters. The van der Waals surface area contributed by atoms with Crippen molar-refractivity contribution in [2.45, 2.75) is 6.42 Å². The maximum absolute atomic E-state index is 12.4. The number of amides is 1. The molecule has 0 unspecified atom stereocenters. The first kappa shape index (κ1) is 16.9. The van der Waals surface area contributed by atoms with Crippen LogP contribution in [0, 0.1) is 0 Å². The van der Waals surface area contributed by atoms with Crippen molar-refractivity contribution in [3.8, 4) is 0 Å². The molecule has 0 saturated carbocycles. The Bertz CT molecular complexity index is 841. The third kappa shape index (κ3) is 3.57. The molecule has 2 heterocycles. The monoisotopic (exact) mass is 361 g/mol. The summed E-state index contributed by atoms with van der Waals surface area (Å²) in [5.74, 6) is -0.0422. The van der Waals surface area contributed by atoms with Crippen LogP contribution in [0.15, 0.2) is 42.5 Å². The van der Waals surface area contributed by atoms with E-state index in [4.69, 9.17) is 11.6 Å². The number of carbonyl (C=O) groups excluding carboxylic acids is 1. The quantitative estimate of drug-likeness (QED) is 0.670. The molecule has 6 heteroatoms. The molecule has 1 amide bonds.